The summed E-state index contributed by atoms with van der Waals surface area (Å²) in [4.78, 5) is 30.5. The van der Waals surface area contributed by atoms with Gasteiger partial charge in [0.2, 0.25) is 0 Å². The van der Waals surface area contributed by atoms with Crippen molar-refractivity contribution in [2.75, 3.05) is 0 Å². The minimum atomic E-state index is -2.74. The molecule has 4 N–H and O–H groups in total. The van der Waals surface area contributed by atoms with Gasteiger partial charge < -0.3 is 20.4 Å². The molecule has 0 fully saturated rings. The van der Waals surface area contributed by atoms with Crippen LogP contribution in [0.5, 0.6) is 0 Å². The van der Waals surface area contributed by atoms with Crippen molar-refractivity contribution in [3.8, 4) is 6.57 Å². The van der Waals surface area contributed by atoms with Crippen molar-refractivity contribution in [3.63, 3.8) is 0 Å². The van der Waals surface area contributed by atoms with Crippen molar-refractivity contribution in [3.05, 3.63) is 0 Å². The maximum atomic E-state index is 10.3. The number of nitrogens with zero attached hydrogens (tertiary/aromatic N) is 1. The molecule has 0 saturated heterocycles. The molecule has 1 radical (unpaired) electrons. The van der Waals surface area contributed by atoms with E-state index in [1.807, 2.05) is 0 Å². The number of nitriles is 1. The molecule has 0 saturated carbocycles. The van der Waals surface area contributed by atoms with Gasteiger partial charge in [-0.2, -0.15) is 0 Å². The van der Waals surface area contributed by atoms with Crippen molar-refractivity contribution in [2.45, 2.75) is 18.4 Å². The summed E-state index contributed by atoms with van der Waals surface area (Å²) in [7, 11) is 0. The van der Waals surface area contributed by atoms with Gasteiger partial charge in [0, 0.05) is 29.0 Å². The van der Waals surface area contributed by atoms with Crippen molar-refractivity contribution in [1.82, 2.24) is 0 Å². The van der Waals surface area contributed by atoms with Gasteiger partial charge in [-0.25, -0.2) is 10.1 Å². The van der Waals surface area contributed by atoms with E-state index in [0.717, 1.165) is 0 Å². The zero-order valence-electron chi connectivity index (χ0n) is 7.75. The van der Waals surface area contributed by atoms with E-state index in [-0.39, 0.29) is 73.8 Å². The van der Waals surface area contributed by atoms with Crippen LogP contribution in [0.1, 0.15) is 12.8 Å². The van der Waals surface area contributed by atoms with Gasteiger partial charge in [0.15, 0.2) is 5.60 Å². The van der Waals surface area contributed by atoms with E-state index in [9.17, 15) is 14.4 Å². The van der Waals surface area contributed by atoms with Gasteiger partial charge in [0.1, 0.15) is 0 Å². The fourth-order valence-electron chi connectivity index (χ4n) is 0.714. The summed E-state index contributed by atoms with van der Waals surface area (Å²) < 4.78 is 0. The molecule has 0 aliphatic heterocycles. The standard InChI is InChI=1S/C6H8O7.CHN.Au.K.H/c7-3(8)1-6(13,5(11)12)2-4(9)10;1-2;;;/h13H,1-2H2,(H,7,8)(H,9,10)(H,11,12);1H;;;. The molecule has 10 heteroatoms. The van der Waals surface area contributed by atoms with Crippen LogP contribution in [0.3, 0.4) is 0 Å². The fourth-order valence-corrected chi connectivity index (χ4v) is 0.714. The Balaban J connectivity index is -0.000000199. The van der Waals surface area contributed by atoms with Crippen LogP contribution < -0.4 is 0 Å². The average Bonchev–Trinajstić information content (AvgIpc) is 2.04. The molecule has 0 unspecified atom stereocenters. The molecule has 0 amide bonds. The van der Waals surface area contributed by atoms with E-state index >= 15 is 0 Å². The van der Waals surface area contributed by atoms with Gasteiger partial charge in [0.05, 0.1) is 12.8 Å². The molecule has 0 bridgehead atoms. The monoisotopic (exact) mass is 456 g/mol. The molecule has 0 spiro atoms. The predicted octanol–water partition coefficient (Wildman–Crippen LogP) is -1.76. The Labute approximate surface area is 155 Å². The van der Waals surface area contributed by atoms with Crippen LogP contribution in [0.2, 0.25) is 0 Å². The second-order valence-corrected chi connectivity index (χ2v) is 2.48. The second kappa shape index (κ2) is 12.7. The molecule has 0 aromatic carbocycles. The van der Waals surface area contributed by atoms with Gasteiger partial charge in [-0.15, -0.1) is 0 Å². The van der Waals surface area contributed by atoms with Crippen molar-refractivity contribution in [1.29, 1.82) is 5.26 Å². The molecule has 0 atom stereocenters. The van der Waals surface area contributed by atoms with E-state index < -0.39 is 36.4 Å². The molecule has 0 aromatic rings. The molecular formula is C7H10AuKNO7. The number of carboxylic acids is 3. The number of rotatable bonds is 5. The molecule has 17 heavy (non-hydrogen) atoms. The van der Waals surface area contributed by atoms with E-state index in [1.165, 1.54) is 0 Å². The van der Waals surface area contributed by atoms with Gasteiger partial charge in [-0.05, 0) is 0 Å². The van der Waals surface area contributed by atoms with Crippen LogP contribution in [0.25, 0.3) is 0 Å². The summed E-state index contributed by atoms with van der Waals surface area (Å²) in [6.45, 7) is 3.50. The quantitative estimate of drug-likeness (QED) is 0.355. The van der Waals surface area contributed by atoms with Crippen molar-refractivity contribution in [2.24, 2.45) is 0 Å². The van der Waals surface area contributed by atoms with Crippen LogP contribution in [0.4, 0.5) is 0 Å². The third-order valence-corrected chi connectivity index (χ3v) is 1.29. The van der Waals surface area contributed by atoms with E-state index in [0.29, 0.717) is 0 Å². The van der Waals surface area contributed by atoms with Crippen molar-refractivity contribution >= 4 is 69.3 Å². The Morgan fingerprint density at radius 1 is 1.00 bits per heavy atom. The van der Waals surface area contributed by atoms with Crippen LogP contribution in [0.15, 0.2) is 0 Å². The number of carboxylic acid groups (broad SMARTS) is 3. The summed E-state index contributed by atoms with van der Waals surface area (Å²) in [5.41, 5.74) is -2.74. The zero-order chi connectivity index (χ0) is 12.6. The zero-order valence-corrected chi connectivity index (χ0v) is 9.92. The molecule has 0 aromatic heterocycles. The molecule has 97 valence electrons. The normalized spacial score (nSPS) is 8.41. The first-order valence-corrected chi connectivity index (χ1v) is 3.43. The number of aliphatic carboxylic acids is 3. The van der Waals surface area contributed by atoms with E-state index in [1.54, 1.807) is 0 Å². The molecular weight excluding hydrogens is 446 g/mol. The SMILES string of the molecule is C#N.O=C(O)CC(O)(CC(=O)O)C(=O)O.[Au].[KH]. The molecule has 0 rings (SSSR count). The summed E-state index contributed by atoms with van der Waals surface area (Å²) in [5.74, 6) is -5.02. The number of hydrogen-bond donors (Lipinski definition) is 4. The van der Waals surface area contributed by atoms with Crippen LogP contribution in [-0.2, 0) is 36.8 Å². The Bertz CT molecular complexity index is 277. The maximum absolute atomic E-state index is 10.3. The van der Waals surface area contributed by atoms with E-state index in [2.05, 4.69) is 6.57 Å². The van der Waals surface area contributed by atoms with Gasteiger partial charge in [0.25, 0.3) is 0 Å². The van der Waals surface area contributed by atoms with Crippen LogP contribution in [-0.4, -0.2) is 95.3 Å². The number of hydrogen-bond acceptors (Lipinski definition) is 5. The van der Waals surface area contributed by atoms with Crippen LogP contribution in [0, 0.1) is 11.8 Å². The summed E-state index contributed by atoms with van der Waals surface area (Å²) in [6, 6.07) is 0. The average molecular weight is 456 g/mol. The first-order chi connectivity index (χ1) is 6.78. The summed E-state index contributed by atoms with van der Waals surface area (Å²) in [6.07, 6.45) is -2.29. The Hall–Kier alpha value is 0.237. The summed E-state index contributed by atoms with van der Waals surface area (Å²) in [5, 5.41) is 40.3. The van der Waals surface area contributed by atoms with E-state index in [4.69, 9.17) is 25.7 Å². The predicted molar refractivity (Wildman–Crippen MR) is 50.9 cm³/mol. The molecule has 8 nitrogen and oxygen atoms in total. The Morgan fingerprint density at radius 3 is 1.35 bits per heavy atom. The minimum absolute atomic E-state index is 0. The van der Waals surface area contributed by atoms with Crippen LogP contribution >= 0.6 is 0 Å². The summed E-state index contributed by atoms with van der Waals surface area (Å²) >= 11 is 0. The molecule has 0 aliphatic rings. The number of aliphatic hydroxyl groups is 1. The third kappa shape index (κ3) is 12.5. The fraction of sp³-hybridized carbons (Fsp3) is 0.429. The first-order valence-electron chi connectivity index (χ1n) is 3.43. The Morgan fingerprint density at radius 2 is 1.24 bits per heavy atom. The molecule has 0 aliphatic carbocycles. The Kier molecular flexibility index (Phi) is 19.4. The van der Waals surface area contributed by atoms with Crippen molar-refractivity contribution < 1.29 is 57.2 Å². The third-order valence-electron chi connectivity index (χ3n) is 1.29. The first kappa shape index (κ1) is 25.9. The van der Waals surface area contributed by atoms with Gasteiger partial charge in [-0.1, -0.05) is 0 Å². The van der Waals surface area contributed by atoms with Gasteiger partial charge in [-0.3, -0.25) is 9.59 Å². The number of carbonyl (C=O) groups is 3. The van der Waals surface area contributed by atoms with Gasteiger partial charge >= 0.3 is 69.3 Å². The molecule has 0 heterocycles. The second-order valence-electron chi connectivity index (χ2n) is 2.48. The topological polar surface area (TPSA) is 156 Å².